The Labute approximate surface area is 143 Å². The highest BCUT2D eigenvalue weighted by atomic mass is 32.3. The van der Waals surface area contributed by atoms with Crippen LogP contribution in [0.2, 0.25) is 0 Å². The molecule has 2 saturated heterocycles. The summed E-state index contributed by atoms with van der Waals surface area (Å²) in [5, 5.41) is 0. The minimum absolute atomic E-state index is 0. The van der Waals surface area contributed by atoms with E-state index >= 15 is 0 Å². The van der Waals surface area contributed by atoms with Gasteiger partial charge >= 0.3 is 0 Å². The summed E-state index contributed by atoms with van der Waals surface area (Å²) in [6, 6.07) is 0. The lowest BCUT2D eigenvalue weighted by Gasteiger charge is -2.26. The third-order valence-electron chi connectivity index (χ3n) is 3.73. The monoisotopic (exact) mass is 390 g/mol. The Morgan fingerprint density at radius 3 is 1.38 bits per heavy atom. The molecule has 0 amide bonds. The van der Waals surface area contributed by atoms with E-state index in [4.69, 9.17) is 9.47 Å². The molecule has 0 radical (unpaired) electrons. The van der Waals surface area contributed by atoms with Gasteiger partial charge in [-0.25, -0.2) is 0 Å². The zero-order valence-electron chi connectivity index (χ0n) is 13.6. The summed E-state index contributed by atoms with van der Waals surface area (Å²) in [4.78, 5) is 3.82. The van der Waals surface area contributed by atoms with Crippen LogP contribution in [0.15, 0.2) is 0 Å². The van der Waals surface area contributed by atoms with Crippen molar-refractivity contribution in [3.05, 3.63) is 0 Å². The Morgan fingerprint density at radius 2 is 1.04 bits per heavy atom. The summed E-state index contributed by atoms with van der Waals surface area (Å²) < 4.78 is 62.2. The Hall–Kier alpha value is -0.340. The van der Waals surface area contributed by atoms with Gasteiger partial charge in [0.15, 0.2) is 0 Å². The molecule has 2 rings (SSSR count). The standard InChI is InChI=1S/C12H24N2O7S2.H2O/c15-22(16,11-5-13-1-7-19-8-2-13)21-23(17,18)12-6-14-3-9-20-10-4-14;/h1-12H2;1H2. The minimum atomic E-state index is -4.11. The molecule has 2 heterocycles. The Balaban J connectivity index is 0.00000288. The molecule has 2 aliphatic rings. The van der Waals surface area contributed by atoms with Crippen molar-refractivity contribution in [1.29, 1.82) is 0 Å². The van der Waals surface area contributed by atoms with Crippen molar-refractivity contribution < 1.29 is 35.4 Å². The van der Waals surface area contributed by atoms with Crippen molar-refractivity contribution in [2.45, 2.75) is 0 Å². The van der Waals surface area contributed by atoms with E-state index in [0.717, 1.165) is 0 Å². The van der Waals surface area contributed by atoms with Crippen LogP contribution in [0.4, 0.5) is 0 Å². The average molecular weight is 390 g/mol. The van der Waals surface area contributed by atoms with Crippen molar-refractivity contribution in [2.75, 3.05) is 77.2 Å². The van der Waals surface area contributed by atoms with Crippen molar-refractivity contribution >= 4 is 20.2 Å². The van der Waals surface area contributed by atoms with Gasteiger partial charge in [-0.3, -0.25) is 9.80 Å². The molecule has 0 aromatic carbocycles. The lowest BCUT2D eigenvalue weighted by Crippen LogP contribution is -2.40. The summed E-state index contributed by atoms with van der Waals surface area (Å²) in [7, 11) is -8.21. The zero-order chi connectivity index (χ0) is 16.8. The highest BCUT2D eigenvalue weighted by Gasteiger charge is 2.25. The molecular formula is C12H26N2O8S2. The number of morpholine rings is 2. The number of hydrogen-bond acceptors (Lipinski definition) is 9. The van der Waals surface area contributed by atoms with Gasteiger partial charge < -0.3 is 14.9 Å². The van der Waals surface area contributed by atoms with Crippen LogP contribution in [0.5, 0.6) is 0 Å². The number of hydrogen-bond donors (Lipinski definition) is 0. The van der Waals surface area contributed by atoms with Gasteiger partial charge in [-0.15, -0.1) is 3.63 Å². The molecule has 144 valence electrons. The second kappa shape index (κ2) is 9.97. The molecule has 2 N–H and O–H groups in total. The van der Waals surface area contributed by atoms with Crippen LogP contribution in [0.3, 0.4) is 0 Å². The van der Waals surface area contributed by atoms with E-state index in [1.54, 1.807) is 0 Å². The first kappa shape index (κ1) is 21.7. The summed E-state index contributed by atoms with van der Waals surface area (Å²) in [5.74, 6) is -0.687. The smallest absolute Gasteiger partial charge is 0.283 e. The maximum Gasteiger partial charge on any atom is 0.283 e. The lowest BCUT2D eigenvalue weighted by molar-refractivity contribution is 0.0405. The summed E-state index contributed by atoms with van der Waals surface area (Å²) in [6.45, 7) is 5.25. The minimum Gasteiger partial charge on any atom is -0.412 e. The van der Waals surface area contributed by atoms with Gasteiger partial charge in [-0.2, -0.15) is 16.8 Å². The zero-order valence-corrected chi connectivity index (χ0v) is 15.2. The fourth-order valence-corrected chi connectivity index (χ4v) is 5.13. The molecule has 10 nitrogen and oxygen atoms in total. The van der Waals surface area contributed by atoms with E-state index in [9.17, 15) is 16.8 Å². The van der Waals surface area contributed by atoms with Gasteiger partial charge in [0.05, 0.1) is 37.9 Å². The predicted octanol–water partition coefficient (Wildman–Crippen LogP) is -2.50. The third-order valence-corrected chi connectivity index (χ3v) is 6.75. The van der Waals surface area contributed by atoms with E-state index in [-0.39, 0.29) is 30.1 Å². The second-order valence-electron chi connectivity index (χ2n) is 5.50. The van der Waals surface area contributed by atoms with Gasteiger partial charge in [0.25, 0.3) is 20.2 Å². The first-order valence-electron chi connectivity index (χ1n) is 7.63. The molecule has 0 aromatic rings. The third kappa shape index (κ3) is 8.16. The van der Waals surface area contributed by atoms with Crippen molar-refractivity contribution in [2.24, 2.45) is 0 Å². The van der Waals surface area contributed by atoms with Crippen LogP contribution in [0.25, 0.3) is 0 Å². The SMILES string of the molecule is O.O=S(=O)(CCN1CCOCC1)OS(=O)(=O)CCN1CCOCC1. The van der Waals surface area contributed by atoms with E-state index < -0.39 is 20.2 Å². The maximum absolute atomic E-state index is 11.8. The van der Waals surface area contributed by atoms with Crippen LogP contribution < -0.4 is 0 Å². The molecule has 12 heteroatoms. The summed E-state index contributed by atoms with van der Waals surface area (Å²) in [5.41, 5.74) is 0. The summed E-state index contributed by atoms with van der Waals surface area (Å²) >= 11 is 0. The van der Waals surface area contributed by atoms with Crippen molar-refractivity contribution in [1.82, 2.24) is 9.80 Å². The molecule has 0 aromatic heterocycles. The van der Waals surface area contributed by atoms with Crippen LogP contribution in [0.1, 0.15) is 0 Å². The first-order valence-corrected chi connectivity index (χ1v) is 10.8. The molecule has 2 aliphatic heterocycles. The molecular weight excluding hydrogens is 364 g/mol. The van der Waals surface area contributed by atoms with Crippen LogP contribution >= 0.6 is 0 Å². The fourth-order valence-electron chi connectivity index (χ4n) is 2.36. The van der Waals surface area contributed by atoms with E-state index in [0.29, 0.717) is 52.6 Å². The maximum atomic E-state index is 11.8. The molecule has 2 fully saturated rings. The molecule has 24 heavy (non-hydrogen) atoms. The van der Waals surface area contributed by atoms with Crippen LogP contribution in [-0.4, -0.2) is 109 Å². The van der Waals surface area contributed by atoms with E-state index in [1.165, 1.54) is 0 Å². The van der Waals surface area contributed by atoms with Gasteiger partial charge in [0.1, 0.15) is 0 Å². The molecule has 0 spiro atoms. The van der Waals surface area contributed by atoms with Gasteiger partial charge in [0.2, 0.25) is 0 Å². The molecule has 0 bridgehead atoms. The van der Waals surface area contributed by atoms with E-state index in [2.05, 4.69) is 3.63 Å². The van der Waals surface area contributed by atoms with Crippen LogP contribution in [0, 0.1) is 0 Å². The van der Waals surface area contributed by atoms with Gasteiger partial charge in [-0.1, -0.05) is 0 Å². The van der Waals surface area contributed by atoms with Crippen molar-refractivity contribution in [3.8, 4) is 0 Å². The Kier molecular flexibility index (Phi) is 9.01. The summed E-state index contributed by atoms with van der Waals surface area (Å²) in [6.07, 6.45) is 0. The first-order chi connectivity index (χ1) is 10.9. The van der Waals surface area contributed by atoms with Crippen molar-refractivity contribution in [3.63, 3.8) is 0 Å². The lowest BCUT2D eigenvalue weighted by atomic mass is 10.4. The van der Waals surface area contributed by atoms with E-state index in [1.807, 2.05) is 9.80 Å². The Bertz CT molecular complexity index is 504. The van der Waals surface area contributed by atoms with Gasteiger partial charge in [-0.05, 0) is 0 Å². The quantitative estimate of drug-likeness (QED) is 0.441. The van der Waals surface area contributed by atoms with Gasteiger partial charge in [0, 0.05) is 39.3 Å². The fraction of sp³-hybridized carbons (Fsp3) is 1.00. The normalized spacial score (nSPS) is 21.3. The molecule has 0 unspecified atom stereocenters. The number of rotatable bonds is 8. The second-order valence-corrected chi connectivity index (χ2v) is 9.09. The van der Waals surface area contributed by atoms with Crippen LogP contribution in [-0.2, 0) is 33.3 Å². The molecule has 0 aliphatic carbocycles. The molecule has 0 saturated carbocycles. The highest BCUT2D eigenvalue weighted by molar-refractivity contribution is 7.99. The predicted molar refractivity (Wildman–Crippen MR) is 86.8 cm³/mol. The average Bonchev–Trinajstić information content (AvgIpc) is 2.52. The Morgan fingerprint density at radius 1 is 0.708 bits per heavy atom. The largest absolute Gasteiger partial charge is 0.412 e. The highest BCUT2D eigenvalue weighted by Crippen LogP contribution is 2.06. The number of ether oxygens (including phenoxy) is 2. The number of nitrogens with zero attached hydrogens (tertiary/aromatic N) is 2. The topological polar surface area (TPSA) is 134 Å². The molecule has 0 atom stereocenters.